The molecule has 2 aliphatic heterocycles. The average molecular weight is 317 g/mol. The van der Waals surface area contributed by atoms with Crippen molar-refractivity contribution in [3.05, 3.63) is 17.0 Å². The van der Waals surface area contributed by atoms with Crippen molar-refractivity contribution in [3.63, 3.8) is 0 Å². The van der Waals surface area contributed by atoms with E-state index in [9.17, 15) is 0 Å². The van der Waals surface area contributed by atoms with Gasteiger partial charge in [-0.1, -0.05) is 11.6 Å². The molecule has 3 heterocycles. The molecule has 23 heavy (non-hydrogen) atoms. The number of hydrogen-bond donors (Lipinski definition) is 0. The first-order chi connectivity index (χ1) is 11.1. The number of likely N-dealkylation sites (tertiary alicyclic amines) is 2. The molecule has 1 aromatic heterocycles. The Morgan fingerprint density at radius 2 is 1.91 bits per heavy atom. The Balaban J connectivity index is 1.37. The molecule has 4 rings (SSSR count). The molecule has 3 aliphatic rings. The Morgan fingerprint density at radius 3 is 2.61 bits per heavy atom. The van der Waals surface area contributed by atoms with Crippen LogP contribution in [0.3, 0.4) is 0 Å². The predicted molar refractivity (Wildman–Crippen MR) is 91.3 cm³/mol. The van der Waals surface area contributed by atoms with E-state index in [-0.39, 0.29) is 0 Å². The summed E-state index contributed by atoms with van der Waals surface area (Å²) in [5, 5.41) is 4.12. The lowest BCUT2D eigenvalue weighted by molar-refractivity contribution is 0.0823. The van der Waals surface area contributed by atoms with E-state index in [1.165, 1.54) is 76.8 Å². The first-order valence-electron chi connectivity index (χ1n) is 9.50. The molecule has 2 saturated heterocycles. The average Bonchev–Trinajstić information content (AvgIpc) is 3.02. The molecule has 0 bridgehead atoms. The number of aryl methyl sites for hydroxylation is 2. The zero-order valence-corrected chi connectivity index (χ0v) is 14.8. The van der Waals surface area contributed by atoms with Crippen LogP contribution in [0.4, 0.5) is 0 Å². The lowest BCUT2D eigenvalue weighted by Crippen LogP contribution is -2.45. The van der Waals surface area contributed by atoms with E-state index in [2.05, 4.69) is 21.9 Å². The summed E-state index contributed by atoms with van der Waals surface area (Å²) in [5.74, 6) is 2.01. The molecule has 128 valence electrons. The number of hydrogen-bond acceptors (Lipinski definition) is 4. The lowest BCUT2D eigenvalue weighted by atomic mass is 9.79. The molecule has 1 spiro atoms. The van der Waals surface area contributed by atoms with Gasteiger partial charge < -0.3 is 9.42 Å². The summed E-state index contributed by atoms with van der Waals surface area (Å²) in [6.45, 7) is 11.7. The predicted octanol–water partition coefficient (Wildman–Crippen LogP) is 3.38. The van der Waals surface area contributed by atoms with Crippen molar-refractivity contribution in [2.24, 2.45) is 11.3 Å². The fourth-order valence-electron chi connectivity index (χ4n) is 4.95. The van der Waals surface area contributed by atoms with Crippen LogP contribution in [-0.2, 0) is 6.54 Å². The standard InChI is InChI=1S/C19H31N3O/c1-15-18(16(2)23-20-15)12-21-9-4-7-19(13-21)8-10-22(14-19)11-17-5-3-6-17/h17H,3-14H2,1-2H3. The highest BCUT2D eigenvalue weighted by atomic mass is 16.5. The van der Waals surface area contributed by atoms with E-state index in [4.69, 9.17) is 4.52 Å². The summed E-state index contributed by atoms with van der Waals surface area (Å²) in [7, 11) is 0. The molecule has 0 aromatic carbocycles. The van der Waals surface area contributed by atoms with Gasteiger partial charge in [0.25, 0.3) is 0 Å². The monoisotopic (exact) mass is 317 g/mol. The van der Waals surface area contributed by atoms with Crippen LogP contribution in [-0.4, -0.2) is 47.7 Å². The van der Waals surface area contributed by atoms with Gasteiger partial charge in [-0.15, -0.1) is 0 Å². The number of aromatic nitrogens is 1. The summed E-state index contributed by atoms with van der Waals surface area (Å²) < 4.78 is 5.35. The quantitative estimate of drug-likeness (QED) is 0.852. The number of piperidine rings is 1. The van der Waals surface area contributed by atoms with Gasteiger partial charge in [0.1, 0.15) is 5.76 Å². The minimum Gasteiger partial charge on any atom is -0.361 e. The Kier molecular flexibility index (Phi) is 4.22. The van der Waals surface area contributed by atoms with Crippen LogP contribution in [0.15, 0.2) is 4.52 Å². The Labute approximate surface area is 140 Å². The van der Waals surface area contributed by atoms with Crippen molar-refractivity contribution in [2.45, 2.75) is 58.9 Å². The molecule has 4 heteroatoms. The van der Waals surface area contributed by atoms with Crippen LogP contribution in [0, 0.1) is 25.2 Å². The molecule has 1 aromatic rings. The molecule has 3 fully saturated rings. The van der Waals surface area contributed by atoms with E-state index < -0.39 is 0 Å². The van der Waals surface area contributed by atoms with Crippen LogP contribution in [0.1, 0.15) is 55.5 Å². The van der Waals surface area contributed by atoms with Gasteiger partial charge in [0.2, 0.25) is 0 Å². The maximum atomic E-state index is 5.35. The van der Waals surface area contributed by atoms with Crippen molar-refractivity contribution in [1.82, 2.24) is 15.0 Å². The fraction of sp³-hybridized carbons (Fsp3) is 0.842. The third-order valence-electron chi connectivity index (χ3n) is 6.56. The van der Waals surface area contributed by atoms with E-state index in [1.54, 1.807) is 0 Å². The highest BCUT2D eigenvalue weighted by Gasteiger charge is 2.42. The Bertz CT molecular complexity index is 531. The minimum atomic E-state index is 0.557. The van der Waals surface area contributed by atoms with Gasteiger partial charge in [0, 0.05) is 31.7 Å². The van der Waals surface area contributed by atoms with E-state index in [0.29, 0.717) is 5.41 Å². The van der Waals surface area contributed by atoms with Gasteiger partial charge >= 0.3 is 0 Å². The molecule has 4 nitrogen and oxygen atoms in total. The lowest BCUT2D eigenvalue weighted by Gasteiger charge is -2.41. The first-order valence-corrected chi connectivity index (χ1v) is 9.50. The second kappa shape index (κ2) is 6.21. The SMILES string of the molecule is Cc1noc(C)c1CN1CCCC2(CCN(CC3CCC3)C2)C1. The highest BCUT2D eigenvalue weighted by Crippen LogP contribution is 2.40. The molecule has 1 aliphatic carbocycles. The van der Waals surface area contributed by atoms with Gasteiger partial charge in [-0.3, -0.25) is 4.90 Å². The Hall–Kier alpha value is -0.870. The zero-order chi connectivity index (χ0) is 15.9. The highest BCUT2D eigenvalue weighted by molar-refractivity contribution is 5.20. The maximum absolute atomic E-state index is 5.35. The van der Waals surface area contributed by atoms with Crippen LogP contribution in [0.25, 0.3) is 0 Å². The molecule has 0 amide bonds. The van der Waals surface area contributed by atoms with Crippen molar-refractivity contribution in [3.8, 4) is 0 Å². The molecule has 0 N–H and O–H groups in total. The molecular formula is C19H31N3O. The van der Waals surface area contributed by atoms with Crippen LogP contribution in [0.5, 0.6) is 0 Å². The topological polar surface area (TPSA) is 32.5 Å². The number of rotatable bonds is 4. The second-order valence-corrected chi connectivity index (χ2v) is 8.40. The summed E-state index contributed by atoms with van der Waals surface area (Å²) in [4.78, 5) is 5.42. The summed E-state index contributed by atoms with van der Waals surface area (Å²) in [5.41, 5.74) is 2.94. The van der Waals surface area contributed by atoms with Crippen molar-refractivity contribution >= 4 is 0 Å². The van der Waals surface area contributed by atoms with Gasteiger partial charge in [-0.2, -0.15) is 0 Å². The summed E-state index contributed by atoms with van der Waals surface area (Å²) >= 11 is 0. The van der Waals surface area contributed by atoms with E-state index in [0.717, 1.165) is 23.9 Å². The summed E-state index contributed by atoms with van der Waals surface area (Å²) in [6.07, 6.45) is 8.59. The molecule has 1 saturated carbocycles. The van der Waals surface area contributed by atoms with Crippen LogP contribution in [0.2, 0.25) is 0 Å². The maximum Gasteiger partial charge on any atom is 0.138 e. The summed E-state index contributed by atoms with van der Waals surface area (Å²) in [6, 6.07) is 0. The second-order valence-electron chi connectivity index (χ2n) is 8.40. The van der Waals surface area contributed by atoms with Crippen LogP contribution < -0.4 is 0 Å². The van der Waals surface area contributed by atoms with Crippen LogP contribution >= 0.6 is 0 Å². The van der Waals surface area contributed by atoms with Gasteiger partial charge in [0.15, 0.2) is 0 Å². The smallest absolute Gasteiger partial charge is 0.138 e. The zero-order valence-electron chi connectivity index (χ0n) is 14.8. The fourth-order valence-corrected chi connectivity index (χ4v) is 4.95. The van der Waals surface area contributed by atoms with Crippen molar-refractivity contribution in [2.75, 3.05) is 32.7 Å². The molecule has 1 atom stereocenters. The van der Waals surface area contributed by atoms with E-state index in [1.807, 2.05) is 6.92 Å². The molecule has 1 unspecified atom stereocenters. The Morgan fingerprint density at radius 1 is 1.09 bits per heavy atom. The molecule has 0 radical (unpaired) electrons. The van der Waals surface area contributed by atoms with Crippen molar-refractivity contribution in [1.29, 1.82) is 0 Å². The molecular weight excluding hydrogens is 286 g/mol. The normalized spacial score (nSPS) is 30.2. The largest absolute Gasteiger partial charge is 0.361 e. The minimum absolute atomic E-state index is 0.557. The first kappa shape index (κ1) is 15.6. The van der Waals surface area contributed by atoms with Gasteiger partial charge in [-0.05, 0) is 70.4 Å². The third kappa shape index (κ3) is 3.20. The number of nitrogens with zero attached hydrogens (tertiary/aromatic N) is 3. The van der Waals surface area contributed by atoms with Gasteiger partial charge in [0.05, 0.1) is 5.69 Å². The van der Waals surface area contributed by atoms with Gasteiger partial charge in [-0.25, -0.2) is 0 Å². The third-order valence-corrected chi connectivity index (χ3v) is 6.56. The van der Waals surface area contributed by atoms with E-state index >= 15 is 0 Å². The van der Waals surface area contributed by atoms with Crippen molar-refractivity contribution < 1.29 is 4.52 Å².